The van der Waals surface area contributed by atoms with Gasteiger partial charge in [-0.15, -0.1) is 0 Å². The van der Waals surface area contributed by atoms with Crippen LogP contribution in [0.4, 0.5) is 5.95 Å². The summed E-state index contributed by atoms with van der Waals surface area (Å²) in [6.45, 7) is 0. The summed E-state index contributed by atoms with van der Waals surface area (Å²) >= 11 is 3.49. The molecule has 1 aromatic heterocycles. The number of halogens is 1. The van der Waals surface area contributed by atoms with Crippen LogP contribution in [0.25, 0.3) is 0 Å². The molecule has 2 aromatic carbocycles. The Morgan fingerprint density at radius 2 is 1.92 bits per heavy atom. The minimum Gasteiger partial charge on any atom is -0.497 e. The second kappa shape index (κ2) is 6.95. The second-order valence-electron chi connectivity index (χ2n) is 6.05. The summed E-state index contributed by atoms with van der Waals surface area (Å²) in [6, 6.07) is 14.1. The molecule has 1 aliphatic heterocycles. The van der Waals surface area contributed by atoms with Gasteiger partial charge in [0.2, 0.25) is 5.95 Å². The third-order valence-electron chi connectivity index (χ3n) is 4.62. The standard InChI is InChI=1S/C18H18BrN5O2/c1-25-13-7-8-17(26-2)14(9-13)16-10-15(11-3-5-12(19)6-4-11)20-18-21-22-23-24(16)18/h3-9,15-16H,10H2,1-2H3,(H,20,21,23). The molecular weight excluding hydrogens is 398 g/mol. The van der Waals surface area contributed by atoms with Crippen LogP contribution < -0.4 is 14.8 Å². The van der Waals surface area contributed by atoms with Gasteiger partial charge in [0.25, 0.3) is 0 Å². The van der Waals surface area contributed by atoms with Crippen molar-refractivity contribution in [1.29, 1.82) is 0 Å². The Labute approximate surface area is 159 Å². The summed E-state index contributed by atoms with van der Waals surface area (Å²) in [4.78, 5) is 0. The van der Waals surface area contributed by atoms with Gasteiger partial charge in [-0.05, 0) is 52.7 Å². The van der Waals surface area contributed by atoms with E-state index in [1.54, 1.807) is 18.9 Å². The number of nitrogens with zero attached hydrogens (tertiary/aromatic N) is 4. The fourth-order valence-electron chi connectivity index (χ4n) is 3.31. The fourth-order valence-corrected chi connectivity index (χ4v) is 3.57. The molecule has 0 saturated carbocycles. The van der Waals surface area contributed by atoms with Crippen molar-refractivity contribution in [3.8, 4) is 11.5 Å². The molecule has 7 nitrogen and oxygen atoms in total. The van der Waals surface area contributed by atoms with Gasteiger partial charge in [-0.1, -0.05) is 33.2 Å². The maximum Gasteiger partial charge on any atom is 0.243 e. The van der Waals surface area contributed by atoms with Crippen LogP contribution in [0, 0.1) is 0 Å². The Bertz CT molecular complexity index is 912. The van der Waals surface area contributed by atoms with Crippen LogP contribution in [-0.4, -0.2) is 34.4 Å². The molecule has 0 fully saturated rings. The number of rotatable bonds is 4. The van der Waals surface area contributed by atoms with Crippen LogP contribution in [-0.2, 0) is 0 Å². The number of ether oxygens (including phenoxy) is 2. The average Bonchev–Trinajstić information content (AvgIpc) is 3.16. The predicted molar refractivity (Wildman–Crippen MR) is 101 cm³/mol. The zero-order valence-electron chi connectivity index (χ0n) is 14.4. The highest BCUT2D eigenvalue weighted by molar-refractivity contribution is 9.10. The molecule has 2 heterocycles. The first-order valence-corrected chi connectivity index (χ1v) is 9.00. The van der Waals surface area contributed by atoms with Gasteiger partial charge in [0.1, 0.15) is 11.5 Å². The third kappa shape index (κ3) is 3.01. The van der Waals surface area contributed by atoms with E-state index >= 15 is 0 Å². The van der Waals surface area contributed by atoms with Gasteiger partial charge >= 0.3 is 0 Å². The van der Waals surface area contributed by atoms with Gasteiger partial charge in [-0.2, -0.15) is 0 Å². The first-order chi connectivity index (χ1) is 12.7. The number of hydrogen-bond donors (Lipinski definition) is 1. The van der Waals surface area contributed by atoms with E-state index in [0.717, 1.165) is 28.0 Å². The molecule has 2 atom stereocenters. The number of fused-ring (bicyclic) bond motifs is 1. The largest absolute Gasteiger partial charge is 0.497 e. The molecule has 3 aromatic rings. The number of methoxy groups -OCH3 is 2. The lowest BCUT2D eigenvalue weighted by Crippen LogP contribution is -2.28. The maximum absolute atomic E-state index is 5.58. The zero-order valence-corrected chi connectivity index (χ0v) is 16.0. The summed E-state index contributed by atoms with van der Waals surface area (Å²) < 4.78 is 13.8. The van der Waals surface area contributed by atoms with Crippen LogP contribution >= 0.6 is 15.9 Å². The number of tetrazole rings is 1. The van der Waals surface area contributed by atoms with E-state index in [0.29, 0.717) is 5.95 Å². The van der Waals surface area contributed by atoms with E-state index in [1.165, 1.54) is 5.56 Å². The van der Waals surface area contributed by atoms with Crippen molar-refractivity contribution in [2.24, 2.45) is 0 Å². The van der Waals surface area contributed by atoms with Crippen molar-refractivity contribution in [3.05, 3.63) is 58.1 Å². The van der Waals surface area contributed by atoms with Crippen LogP contribution in [0.3, 0.4) is 0 Å². The van der Waals surface area contributed by atoms with Gasteiger partial charge in [0.05, 0.1) is 26.3 Å². The molecule has 1 aliphatic rings. The van der Waals surface area contributed by atoms with Crippen LogP contribution in [0.5, 0.6) is 11.5 Å². The summed E-state index contributed by atoms with van der Waals surface area (Å²) in [5.41, 5.74) is 2.17. The molecule has 0 aliphatic carbocycles. The first-order valence-electron chi connectivity index (χ1n) is 8.21. The molecule has 0 saturated heterocycles. The molecule has 0 radical (unpaired) electrons. The van der Waals surface area contributed by atoms with Gasteiger partial charge < -0.3 is 14.8 Å². The average molecular weight is 416 g/mol. The highest BCUT2D eigenvalue weighted by Gasteiger charge is 2.32. The van der Waals surface area contributed by atoms with E-state index in [9.17, 15) is 0 Å². The number of anilines is 1. The summed E-state index contributed by atoms with van der Waals surface area (Å²) in [5.74, 6) is 2.20. The summed E-state index contributed by atoms with van der Waals surface area (Å²) in [6.07, 6.45) is 0.781. The molecule has 0 amide bonds. The molecule has 0 bridgehead atoms. The fraction of sp³-hybridized carbons (Fsp3) is 0.278. The Morgan fingerprint density at radius 1 is 1.12 bits per heavy atom. The van der Waals surface area contributed by atoms with Gasteiger partial charge in [0, 0.05) is 10.0 Å². The molecule has 134 valence electrons. The van der Waals surface area contributed by atoms with Crippen LogP contribution in [0.15, 0.2) is 46.9 Å². The summed E-state index contributed by atoms with van der Waals surface area (Å²) in [5, 5.41) is 15.6. The topological polar surface area (TPSA) is 74.1 Å². The SMILES string of the molecule is COc1ccc(OC)c(C2CC(c3ccc(Br)cc3)Nc3nnnn32)c1. The second-order valence-corrected chi connectivity index (χ2v) is 6.97. The highest BCUT2D eigenvalue weighted by atomic mass is 79.9. The van der Waals surface area contributed by atoms with Crippen molar-refractivity contribution in [1.82, 2.24) is 20.2 Å². The van der Waals surface area contributed by atoms with E-state index in [4.69, 9.17) is 9.47 Å². The smallest absolute Gasteiger partial charge is 0.243 e. The Balaban J connectivity index is 1.77. The number of aromatic nitrogens is 4. The van der Waals surface area contributed by atoms with E-state index < -0.39 is 0 Å². The third-order valence-corrected chi connectivity index (χ3v) is 5.15. The highest BCUT2D eigenvalue weighted by Crippen LogP contribution is 2.41. The van der Waals surface area contributed by atoms with E-state index in [1.807, 2.05) is 30.3 Å². The lowest BCUT2D eigenvalue weighted by atomic mass is 9.92. The van der Waals surface area contributed by atoms with Gasteiger partial charge in [0.15, 0.2) is 0 Å². The molecule has 1 N–H and O–H groups in total. The molecule has 2 unspecified atom stereocenters. The normalized spacial score (nSPS) is 18.7. The molecule has 8 heteroatoms. The number of benzene rings is 2. The Kier molecular flexibility index (Phi) is 4.50. The minimum atomic E-state index is -0.0695. The molecule has 0 spiro atoms. The maximum atomic E-state index is 5.58. The van der Waals surface area contributed by atoms with Crippen molar-refractivity contribution >= 4 is 21.9 Å². The van der Waals surface area contributed by atoms with Gasteiger partial charge in [-0.25, -0.2) is 4.68 Å². The minimum absolute atomic E-state index is 0.0695. The van der Waals surface area contributed by atoms with Crippen molar-refractivity contribution in [3.63, 3.8) is 0 Å². The van der Waals surface area contributed by atoms with Crippen LogP contribution in [0.1, 0.15) is 29.6 Å². The Morgan fingerprint density at radius 3 is 2.65 bits per heavy atom. The predicted octanol–water partition coefficient (Wildman–Crippen LogP) is 3.60. The molecular formula is C18H18BrN5O2. The van der Waals surface area contributed by atoms with Crippen molar-refractivity contribution < 1.29 is 9.47 Å². The number of hydrogen-bond acceptors (Lipinski definition) is 6. The van der Waals surface area contributed by atoms with Gasteiger partial charge in [-0.3, -0.25) is 0 Å². The molecule has 26 heavy (non-hydrogen) atoms. The molecule has 4 rings (SSSR count). The monoisotopic (exact) mass is 415 g/mol. The lowest BCUT2D eigenvalue weighted by molar-refractivity contribution is 0.371. The Hall–Kier alpha value is -2.61. The zero-order chi connectivity index (χ0) is 18.1. The van der Waals surface area contributed by atoms with Crippen molar-refractivity contribution in [2.45, 2.75) is 18.5 Å². The first kappa shape index (κ1) is 16.8. The van der Waals surface area contributed by atoms with Crippen LogP contribution in [0.2, 0.25) is 0 Å². The lowest BCUT2D eigenvalue weighted by Gasteiger charge is -2.31. The van der Waals surface area contributed by atoms with Crippen molar-refractivity contribution in [2.75, 3.05) is 19.5 Å². The number of nitrogens with one attached hydrogen (secondary N) is 1. The van der Waals surface area contributed by atoms with E-state index in [2.05, 4.69) is 48.9 Å². The van der Waals surface area contributed by atoms with E-state index in [-0.39, 0.29) is 12.1 Å². The quantitative estimate of drug-likeness (QED) is 0.701. The summed E-state index contributed by atoms with van der Waals surface area (Å²) in [7, 11) is 3.32.